The highest BCUT2D eigenvalue weighted by Crippen LogP contribution is 1.99. The molecule has 2 heteroatoms. The zero-order valence-electron chi connectivity index (χ0n) is 8.79. The Kier molecular flexibility index (Phi) is 7.52. The molecule has 0 amide bonds. The average Bonchev–Trinajstić information content (AvgIpc) is 2.16. The highest BCUT2D eigenvalue weighted by Gasteiger charge is 2.00. The summed E-state index contributed by atoms with van der Waals surface area (Å²) in [5.41, 5.74) is 0.455. The third kappa shape index (κ3) is 7.35. The predicted molar refractivity (Wildman–Crippen MR) is 59.0 cm³/mol. The molecule has 0 atom stereocenters. The van der Waals surface area contributed by atoms with E-state index in [0.717, 1.165) is 19.3 Å². The number of hydrogen-bond acceptors (Lipinski definition) is 2. The molecule has 0 aromatic heterocycles. The zero-order chi connectivity index (χ0) is 10.8. The maximum Gasteiger partial charge on any atom is 0.333 e. The molecule has 0 aromatic carbocycles. The van der Waals surface area contributed by atoms with Crippen molar-refractivity contribution >= 4 is 5.97 Å². The quantitative estimate of drug-likeness (QED) is 0.269. The Morgan fingerprint density at radius 1 is 1.43 bits per heavy atom. The molecule has 0 saturated heterocycles. The molecule has 0 heterocycles. The summed E-state index contributed by atoms with van der Waals surface area (Å²) in [7, 11) is 0. The van der Waals surface area contributed by atoms with Gasteiger partial charge in [-0.25, -0.2) is 4.79 Å². The Bertz CT molecular complexity index is 226. The standard InChI is InChI=1S/C12H18O2/c1-4-5-6-7-8-9-10-14-12(13)11(2)3/h4-6H,1-2,7-10H2,3H3. The van der Waals surface area contributed by atoms with Crippen molar-refractivity contribution in [1.29, 1.82) is 0 Å². The molecule has 14 heavy (non-hydrogen) atoms. The number of ether oxygens (including phenoxy) is 1. The zero-order valence-corrected chi connectivity index (χ0v) is 8.79. The number of carbonyl (C=O) groups is 1. The van der Waals surface area contributed by atoms with Gasteiger partial charge in [-0.2, -0.15) is 0 Å². The second-order valence-corrected chi connectivity index (χ2v) is 3.08. The first kappa shape index (κ1) is 12.7. The molecule has 0 aromatic rings. The molecule has 0 aliphatic heterocycles. The lowest BCUT2D eigenvalue weighted by Gasteiger charge is -2.02. The van der Waals surface area contributed by atoms with Crippen molar-refractivity contribution in [3.05, 3.63) is 37.0 Å². The molecule has 0 N–H and O–H groups in total. The van der Waals surface area contributed by atoms with Gasteiger partial charge in [0, 0.05) is 5.57 Å². The minimum Gasteiger partial charge on any atom is -0.462 e. The van der Waals surface area contributed by atoms with Crippen LogP contribution in [0.3, 0.4) is 0 Å². The van der Waals surface area contributed by atoms with Crippen molar-refractivity contribution < 1.29 is 9.53 Å². The maximum absolute atomic E-state index is 10.9. The number of unbranched alkanes of at least 4 members (excludes halogenated alkanes) is 2. The van der Waals surface area contributed by atoms with E-state index in [0.29, 0.717) is 12.2 Å². The van der Waals surface area contributed by atoms with Crippen LogP contribution in [0.5, 0.6) is 0 Å². The van der Waals surface area contributed by atoms with Crippen LogP contribution >= 0.6 is 0 Å². The summed E-state index contributed by atoms with van der Waals surface area (Å²) in [6.07, 6.45) is 8.62. The Balaban J connectivity index is 3.30. The fraction of sp³-hybridized carbons (Fsp3) is 0.417. The van der Waals surface area contributed by atoms with Gasteiger partial charge in [0.1, 0.15) is 0 Å². The van der Waals surface area contributed by atoms with Gasteiger partial charge in [-0.1, -0.05) is 31.4 Å². The third-order valence-corrected chi connectivity index (χ3v) is 1.62. The Labute approximate surface area is 86.0 Å². The van der Waals surface area contributed by atoms with E-state index in [1.807, 2.05) is 12.2 Å². The van der Waals surface area contributed by atoms with Crippen LogP contribution in [0.1, 0.15) is 26.2 Å². The smallest absolute Gasteiger partial charge is 0.333 e. The van der Waals surface area contributed by atoms with E-state index in [1.165, 1.54) is 0 Å². The van der Waals surface area contributed by atoms with Gasteiger partial charge in [-0.3, -0.25) is 0 Å². The van der Waals surface area contributed by atoms with E-state index in [4.69, 9.17) is 4.74 Å². The summed E-state index contributed by atoms with van der Waals surface area (Å²) in [5.74, 6) is -0.299. The van der Waals surface area contributed by atoms with Crippen molar-refractivity contribution in [2.45, 2.75) is 26.2 Å². The molecule has 0 radical (unpaired) electrons. The summed E-state index contributed by atoms with van der Waals surface area (Å²) in [4.78, 5) is 10.9. The molecule has 0 aliphatic carbocycles. The van der Waals surface area contributed by atoms with Gasteiger partial charge in [0.05, 0.1) is 6.61 Å². The second kappa shape index (κ2) is 8.30. The van der Waals surface area contributed by atoms with Crippen LogP contribution in [0, 0.1) is 0 Å². The minimum absolute atomic E-state index is 0.299. The normalized spacial score (nSPS) is 10.1. The second-order valence-electron chi connectivity index (χ2n) is 3.08. The average molecular weight is 194 g/mol. The fourth-order valence-electron chi connectivity index (χ4n) is 0.845. The van der Waals surface area contributed by atoms with Gasteiger partial charge < -0.3 is 4.74 Å². The van der Waals surface area contributed by atoms with E-state index in [-0.39, 0.29) is 5.97 Å². The lowest BCUT2D eigenvalue weighted by Crippen LogP contribution is -2.05. The summed E-state index contributed by atoms with van der Waals surface area (Å²) >= 11 is 0. The Morgan fingerprint density at radius 3 is 2.71 bits per heavy atom. The largest absolute Gasteiger partial charge is 0.462 e. The molecule has 0 fully saturated rings. The minimum atomic E-state index is -0.299. The van der Waals surface area contributed by atoms with Crippen molar-refractivity contribution in [2.24, 2.45) is 0 Å². The van der Waals surface area contributed by atoms with Crippen molar-refractivity contribution in [3.63, 3.8) is 0 Å². The van der Waals surface area contributed by atoms with Gasteiger partial charge >= 0.3 is 5.97 Å². The highest BCUT2D eigenvalue weighted by molar-refractivity contribution is 5.86. The van der Waals surface area contributed by atoms with E-state index in [1.54, 1.807) is 13.0 Å². The number of esters is 1. The monoisotopic (exact) mass is 194 g/mol. The van der Waals surface area contributed by atoms with Gasteiger partial charge in [-0.15, -0.1) is 0 Å². The number of allylic oxidation sites excluding steroid dienone is 3. The molecule has 0 spiro atoms. The van der Waals surface area contributed by atoms with Crippen molar-refractivity contribution in [2.75, 3.05) is 6.61 Å². The van der Waals surface area contributed by atoms with Crippen LogP contribution in [-0.4, -0.2) is 12.6 Å². The molecule has 0 bridgehead atoms. The molecule has 0 aliphatic rings. The summed E-state index contributed by atoms with van der Waals surface area (Å²) < 4.78 is 4.93. The van der Waals surface area contributed by atoms with Crippen LogP contribution in [0.25, 0.3) is 0 Å². The molecule has 2 nitrogen and oxygen atoms in total. The summed E-state index contributed by atoms with van der Waals surface area (Å²) in [6, 6.07) is 0. The van der Waals surface area contributed by atoms with Crippen LogP contribution in [0.4, 0.5) is 0 Å². The number of rotatable bonds is 7. The van der Waals surface area contributed by atoms with Gasteiger partial charge in [0.2, 0.25) is 0 Å². The third-order valence-electron chi connectivity index (χ3n) is 1.62. The van der Waals surface area contributed by atoms with Gasteiger partial charge in [0.25, 0.3) is 0 Å². The van der Waals surface area contributed by atoms with Crippen LogP contribution in [0.15, 0.2) is 37.0 Å². The molecule has 0 rings (SSSR count). The van der Waals surface area contributed by atoms with Crippen LogP contribution in [0.2, 0.25) is 0 Å². The van der Waals surface area contributed by atoms with E-state index in [2.05, 4.69) is 13.2 Å². The molecule has 0 saturated carbocycles. The molecule has 0 unspecified atom stereocenters. The van der Waals surface area contributed by atoms with E-state index >= 15 is 0 Å². The van der Waals surface area contributed by atoms with Crippen molar-refractivity contribution in [3.8, 4) is 0 Å². The Morgan fingerprint density at radius 2 is 2.14 bits per heavy atom. The summed E-state index contributed by atoms with van der Waals surface area (Å²) in [5, 5.41) is 0. The van der Waals surface area contributed by atoms with E-state index in [9.17, 15) is 4.79 Å². The van der Waals surface area contributed by atoms with Crippen molar-refractivity contribution in [1.82, 2.24) is 0 Å². The maximum atomic E-state index is 10.9. The lowest BCUT2D eigenvalue weighted by atomic mass is 10.2. The highest BCUT2D eigenvalue weighted by atomic mass is 16.5. The van der Waals surface area contributed by atoms with Crippen LogP contribution in [-0.2, 0) is 9.53 Å². The number of hydrogen-bond donors (Lipinski definition) is 0. The van der Waals surface area contributed by atoms with Gasteiger partial charge in [0.15, 0.2) is 0 Å². The van der Waals surface area contributed by atoms with Crippen LogP contribution < -0.4 is 0 Å². The molecular formula is C12H18O2. The SMILES string of the molecule is C=CC=CCCCCOC(=O)C(=C)C. The first-order valence-electron chi connectivity index (χ1n) is 4.78. The lowest BCUT2D eigenvalue weighted by molar-refractivity contribution is -0.139. The molecular weight excluding hydrogens is 176 g/mol. The first-order chi connectivity index (χ1) is 6.68. The predicted octanol–water partition coefficient (Wildman–Crippen LogP) is 3.02. The Hall–Kier alpha value is -1.31. The first-order valence-corrected chi connectivity index (χ1v) is 4.78. The van der Waals surface area contributed by atoms with E-state index < -0.39 is 0 Å². The number of carbonyl (C=O) groups excluding carboxylic acids is 1. The van der Waals surface area contributed by atoms with Gasteiger partial charge in [-0.05, 0) is 26.2 Å². The fourth-order valence-corrected chi connectivity index (χ4v) is 0.845. The molecule has 78 valence electrons. The topological polar surface area (TPSA) is 26.3 Å². The summed E-state index contributed by atoms with van der Waals surface area (Å²) in [6.45, 7) is 9.20.